The molecule has 0 heteroatoms. The topological polar surface area (TPSA) is 0 Å². The monoisotopic (exact) mass is 120 g/mol. The van der Waals surface area contributed by atoms with E-state index >= 15 is 0 Å². The number of fused-ring (bicyclic) bond motifs is 2. The first-order valence-electron chi connectivity index (χ1n) is 3.86. The Kier molecular flexibility index (Phi) is 1.05. The predicted octanol–water partition coefficient (Wildman–Crippen LogP) is 2.06. The van der Waals surface area contributed by atoms with Gasteiger partial charge in [0.15, 0.2) is 0 Å². The second kappa shape index (κ2) is 1.77. The van der Waals surface area contributed by atoms with E-state index in [1.54, 1.807) is 0 Å². The Morgan fingerprint density at radius 3 is 2.89 bits per heavy atom. The minimum Gasteiger partial charge on any atom is -0.103 e. The van der Waals surface area contributed by atoms with E-state index in [0.29, 0.717) is 0 Å². The fourth-order valence-electron chi connectivity index (χ4n) is 2.06. The molecule has 0 spiro atoms. The molecule has 0 N–H and O–H groups in total. The summed E-state index contributed by atoms with van der Waals surface area (Å²) in [6.45, 7) is 2.36. The van der Waals surface area contributed by atoms with Crippen molar-refractivity contribution in [2.75, 3.05) is 0 Å². The first-order valence-corrected chi connectivity index (χ1v) is 3.86. The smallest absolute Gasteiger partial charge is 0.0231 e. The maximum atomic E-state index is 3.31. The van der Waals surface area contributed by atoms with Crippen LogP contribution in [0.5, 0.6) is 0 Å². The van der Waals surface area contributed by atoms with Crippen molar-refractivity contribution in [3.63, 3.8) is 0 Å². The van der Waals surface area contributed by atoms with Gasteiger partial charge < -0.3 is 0 Å². The highest BCUT2D eigenvalue weighted by Gasteiger charge is 2.32. The maximum absolute atomic E-state index is 3.31. The zero-order valence-electron chi connectivity index (χ0n) is 5.85. The highest BCUT2D eigenvalue weighted by molar-refractivity contribution is 5.14. The van der Waals surface area contributed by atoms with Gasteiger partial charge in [0.25, 0.3) is 0 Å². The summed E-state index contributed by atoms with van der Waals surface area (Å²) in [5.74, 6) is 9.17. The van der Waals surface area contributed by atoms with E-state index in [1.807, 2.05) is 0 Å². The molecule has 0 aromatic heterocycles. The first kappa shape index (κ1) is 5.35. The standard InChI is InChI=1S/C9H12/c1-7-8-3-2-4-9(7)6-5-8/h7-9H,3,5-6H2,1H3. The fourth-order valence-corrected chi connectivity index (χ4v) is 2.06. The molecule has 3 atom stereocenters. The molecule has 0 aliphatic heterocycles. The number of hydrogen-bond donors (Lipinski definition) is 0. The van der Waals surface area contributed by atoms with E-state index < -0.39 is 0 Å². The normalized spacial score (nSPS) is 46.1. The van der Waals surface area contributed by atoms with Crippen molar-refractivity contribution in [2.24, 2.45) is 17.8 Å². The molecule has 1 fully saturated rings. The SMILES string of the molecule is CC1C2C#CCC1CC2. The summed E-state index contributed by atoms with van der Waals surface area (Å²) in [7, 11) is 0. The minimum atomic E-state index is 0.767. The van der Waals surface area contributed by atoms with Gasteiger partial charge in [-0.15, -0.1) is 5.92 Å². The molecule has 48 valence electrons. The van der Waals surface area contributed by atoms with Crippen molar-refractivity contribution >= 4 is 0 Å². The fraction of sp³-hybridized carbons (Fsp3) is 0.778. The van der Waals surface area contributed by atoms with E-state index in [4.69, 9.17) is 0 Å². The Labute approximate surface area is 56.6 Å². The molecular weight excluding hydrogens is 108 g/mol. The van der Waals surface area contributed by atoms with Gasteiger partial charge in [-0.25, -0.2) is 0 Å². The largest absolute Gasteiger partial charge is 0.103 e. The Morgan fingerprint density at radius 2 is 2.22 bits per heavy atom. The van der Waals surface area contributed by atoms with Crippen LogP contribution in [-0.2, 0) is 0 Å². The van der Waals surface area contributed by atoms with Crippen LogP contribution in [0, 0.1) is 29.6 Å². The average Bonchev–Trinajstić information content (AvgIpc) is 2.19. The third-order valence-electron chi connectivity index (χ3n) is 2.88. The van der Waals surface area contributed by atoms with E-state index in [0.717, 1.165) is 17.8 Å². The van der Waals surface area contributed by atoms with E-state index in [2.05, 4.69) is 18.8 Å². The quantitative estimate of drug-likeness (QED) is 0.429. The molecule has 2 aliphatic rings. The second-order valence-corrected chi connectivity index (χ2v) is 3.33. The van der Waals surface area contributed by atoms with Crippen LogP contribution in [0.25, 0.3) is 0 Å². The lowest BCUT2D eigenvalue weighted by molar-refractivity contribution is 0.382. The Hall–Kier alpha value is -0.440. The molecule has 0 nitrogen and oxygen atoms in total. The van der Waals surface area contributed by atoms with Crippen molar-refractivity contribution < 1.29 is 0 Å². The summed E-state index contributed by atoms with van der Waals surface area (Å²) in [5.41, 5.74) is 0. The summed E-state index contributed by atoms with van der Waals surface area (Å²) in [6.07, 6.45) is 3.97. The summed E-state index contributed by atoms with van der Waals surface area (Å²) in [5, 5.41) is 0. The third-order valence-corrected chi connectivity index (χ3v) is 2.88. The molecule has 9 heavy (non-hydrogen) atoms. The Balaban J connectivity index is 2.26. The second-order valence-electron chi connectivity index (χ2n) is 3.33. The van der Waals surface area contributed by atoms with Crippen LogP contribution in [0.2, 0.25) is 0 Å². The lowest BCUT2D eigenvalue weighted by Gasteiger charge is -2.17. The lowest BCUT2D eigenvalue weighted by atomic mass is 9.86. The average molecular weight is 120 g/mol. The van der Waals surface area contributed by atoms with Gasteiger partial charge >= 0.3 is 0 Å². The number of hydrogen-bond acceptors (Lipinski definition) is 0. The van der Waals surface area contributed by atoms with Gasteiger partial charge in [0, 0.05) is 12.3 Å². The van der Waals surface area contributed by atoms with Gasteiger partial charge in [0.2, 0.25) is 0 Å². The molecule has 0 aromatic carbocycles. The van der Waals surface area contributed by atoms with Crippen LogP contribution in [0.1, 0.15) is 26.2 Å². The minimum absolute atomic E-state index is 0.767. The van der Waals surface area contributed by atoms with E-state index in [-0.39, 0.29) is 0 Å². The molecule has 1 saturated carbocycles. The van der Waals surface area contributed by atoms with Gasteiger partial charge in [0.05, 0.1) is 0 Å². The van der Waals surface area contributed by atoms with Gasteiger partial charge in [0.1, 0.15) is 0 Å². The molecule has 0 aromatic rings. The van der Waals surface area contributed by atoms with E-state index in [9.17, 15) is 0 Å². The molecule has 2 aliphatic carbocycles. The molecule has 2 bridgehead atoms. The van der Waals surface area contributed by atoms with Gasteiger partial charge in [-0.3, -0.25) is 0 Å². The molecule has 0 amide bonds. The van der Waals surface area contributed by atoms with Crippen LogP contribution in [0.15, 0.2) is 0 Å². The Bertz CT molecular complexity index is 170. The zero-order chi connectivity index (χ0) is 6.27. The molecule has 0 heterocycles. The molecule has 3 unspecified atom stereocenters. The summed E-state index contributed by atoms with van der Waals surface area (Å²) >= 11 is 0. The van der Waals surface area contributed by atoms with Crippen molar-refractivity contribution in [3.8, 4) is 11.8 Å². The third kappa shape index (κ3) is 0.678. The maximum Gasteiger partial charge on any atom is 0.0231 e. The highest BCUT2D eigenvalue weighted by atomic mass is 14.4. The zero-order valence-corrected chi connectivity index (χ0v) is 5.85. The van der Waals surface area contributed by atoms with Crippen molar-refractivity contribution in [3.05, 3.63) is 0 Å². The molecule has 0 radical (unpaired) electrons. The van der Waals surface area contributed by atoms with Crippen molar-refractivity contribution in [1.29, 1.82) is 0 Å². The summed E-state index contributed by atoms with van der Waals surface area (Å²) in [4.78, 5) is 0. The van der Waals surface area contributed by atoms with Crippen LogP contribution in [0.4, 0.5) is 0 Å². The predicted molar refractivity (Wildman–Crippen MR) is 37.8 cm³/mol. The Morgan fingerprint density at radius 1 is 1.33 bits per heavy atom. The highest BCUT2D eigenvalue weighted by Crippen LogP contribution is 2.40. The van der Waals surface area contributed by atoms with Crippen LogP contribution in [-0.4, -0.2) is 0 Å². The first-order chi connectivity index (χ1) is 4.38. The van der Waals surface area contributed by atoms with Gasteiger partial charge in [-0.2, -0.15) is 0 Å². The van der Waals surface area contributed by atoms with Crippen LogP contribution >= 0.6 is 0 Å². The van der Waals surface area contributed by atoms with Crippen LogP contribution < -0.4 is 0 Å². The molecular formula is C9H12. The lowest BCUT2D eigenvalue weighted by Crippen LogP contribution is -2.12. The van der Waals surface area contributed by atoms with Gasteiger partial charge in [-0.1, -0.05) is 12.8 Å². The van der Waals surface area contributed by atoms with E-state index in [1.165, 1.54) is 19.3 Å². The summed E-state index contributed by atoms with van der Waals surface area (Å²) < 4.78 is 0. The number of rotatable bonds is 0. The molecule has 2 rings (SSSR count). The van der Waals surface area contributed by atoms with Crippen LogP contribution in [0.3, 0.4) is 0 Å². The molecule has 0 saturated heterocycles. The van der Waals surface area contributed by atoms with Gasteiger partial charge in [-0.05, 0) is 24.7 Å². The van der Waals surface area contributed by atoms with Crippen molar-refractivity contribution in [1.82, 2.24) is 0 Å². The van der Waals surface area contributed by atoms with Crippen molar-refractivity contribution in [2.45, 2.75) is 26.2 Å². The summed E-state index contributed by atoms with van der Waals surface area (Å²) in [6, 6.07) is 0.